The number of hydroxylamine groups is 1. The Balaban J connectivity index is 2.10. The lowest BCUT2D eigenvalue weighted by atomic mass is 9.95. The summed E-state index contributed by atoms with van der Waals surface area (Å²) in [5, 5.41) is 11.4. The summed E-state index contributed by atoms with van der Waals surface area (Å²) in [6, 6.07) is 4.83. The molecule has 1 fully saturated rings. The molecule has 30 heavy (non-hydrogen) atoms. The minimum atomic E-state index is -3.38. The molecule has 9 nitrogen and oxygen atoms in total. The molecule has 0 saturated carbocycles. The highest BCUT2D eigenvalue weighted by Crippen LogP contribution is 2.31. The van der Waals surface area contributed by atoms with Gasteiger partial charge in [0.2, 0.25) is 0 Å². The Bertz CT molecular complexity index is 999. The summed E-state index contributed by atoms with van der Waals surface area (Å²) in [7, 11) is -0.551. The Labute approximate surface area is 175 Å². The van der Waals surface area contributed by atoms with Crippen LogP contribution >= 0.6 is 0 Å². The molecule has 1 aromatic carbocycles. The normalized spacial score (nSPS) is 16.5. The number of nitrogens with one attached hydrogen (secondary N) is 2. The van der Waals surface area contributed by atoms with E-state index in [1.807, 2.05) is 0 Å². The van der Waals surface area contributed by atoms with Crippen LogP contribution in [-0.4, -0.2) is 69.4 Å². The first-order valence-corrected chi connectivity index (χ1v) is 10.7. The lowest BCUT2D eigenvalue weighted by Crippen LogP contribution is -2.71. The number of carbonyl (C=O) groups is 2. The first-order valence-electron chi connectivity index (χ1n) is 8.85. The topological polar surface area (TPSA) is 131 Å². The van der Waals surface area contributed by atoms with E-state index in [1.54, 1.807) is 19.2 Å². The van der Waals surface area contributed by atoms with Crippen molar-refractivity contribution in [3.8, 4) is 23.7 Å². The third-order valence-electron chi connectivity index (χ3n) is 4.44. The molecule has 1 saturated heterocycles. The van der Waals surface area contributed by atoms with E-state index in [9.17, 15) is 18.0 Å². The molecule has 1 aliphatic rings. The Morgan fingerprint density at radius 2 is 1.87 bits per heavy atom. The molecule has 1 atom stereocenters. The molecule has 0 radical (unpaired) electrons. The monoisotopic (exact) mass is 434 g/mol. The van der Waals surface area contributed by atoms with Crippen LogP contribution in [0.25, 0.3) is 0 Å². The highest BCUT2D eigenvalue weighted by atomic mass is 32.2. The van der Waals surface area contributed by atoms with Crippen LogP contribution in [0.5, 0.6) is 0 Å². The van der Waals surface area contributed by atoms with Crippen molar-refractivity contribution >= 4 is 21.7 Å². The largest absolute Gasteiger partial charge is 0.384 e. The molecule has 1 unspecified atom stereocenters. The number of amides is 2. The van der Waals surface area contributed by atoms with Gasteiger partial charge in [-0.15, -0.1) is 0 Å². The molecule has 160 valence electrons. The first kappa shape index (κ1) is 23.4. The van der Waals surface area contributed by atoms with Gasteiger partial charge in [-0.3, -0.25) is 14.8 Å². The van der Waals surface area contributed by atoms with Crippen molar-refractivity contribution in [3.63, 3.8) is 0 Å². The molecule has 1 aromatic rings. The van der Waals surface area contributed by atoms with Crippen LogP contribution in [0.2, 0.25) is 0 Å². The van der Waals surface area contributed by atoms with Crippen LogP contribution in [0.15, 0.2) is 24.3 Å². The number of ether oxygens (including phenoxy) is 2. The molecule has 3 N–H and O–H groups in total. The van der Waals surface area contributed by atoms with E-state index in [2.05, 4.69) is 29.0 Å². The van der Waals surface area contributed by atoms with Crippen molar-refractivity contribution < 1.29 is 32.7 Å². The molecule has 0 spiro atoms. The minimum Gasteiger partial charge on any atom is -0.384 e. The predicted molar refractivity (Wildman–Crippen MR) is 107 cm³/mol. The summed E-state index contributed by atoms with van der Waals surface area (Å²) < 4.78 is 33.3. The van der Waals surface area contributed by atoms with Gasteiger partial charge in [0.25, 0.3) is 11.8 Å². The summed E-state index contributed by atoms with van der Waals surface area (Å²) in [5.41, 5.74) is 0.844. The SMILES string of the molecule is COCCC#CC#Cc1ccc(C(=O)NC(C(=O)NO)C2(OC)CS(=O)(=O)C2)cc1. The predicted octanol–water partition coefficient (Wildman–Crippen LogP) is -0.505. The van der Waals surface area contributed by atoms with Crippen molar-refractivity contribution in [2.45, 2.75) is 18.1 Å². The fourth-order valence-electron chi connectivity index (χ4n) is 2.89. The number of benzene rings is 1. The third kappa shape index (κ3) is 5.81. The third-order valence-corrected chi connectivity index (χ3v) is 6.30. The maximum Gasteiger partial charge on any atom is 0.268 e. The van der Waals surface area contributed by atoms with Crippen LogP contribution in [-0.2, 0) is 24.1 Å². The molecule has 1 heterocycles. The summed E-state index contributed by atoms with van der Waals surface area (Å²) in [4.78, 5) is 24.6. The van der Waals surface area contributed by atoms with Crippen LogP contribution in [0.4, 0.5) is 0 Å². The van der Waals surface area contributed by atoms with Gasteiger partial charge in [-0.1, -0.05) is 11.8 Å². The van der Waals surface area contributed by atoms with E-state index in [0.717, 1.165) is 0 Å². The number of carbonyl (C=O) groups excluding carboxylic acids is 2. The van der Waals surface area contributed by atoms with E-state index >= 15 is 0 Å². The Morgan fingerprint density at radius 3 is 2.40 bits per heavy atom. The molecule has 0 aromatic heterocycles. The minimum absolute atomic E-state index is 0.218. The maximum absolute atomic E-state index is 12.6. The zero-order chi connectivity index (χ0) is 22.2. The first-order chi connectivity index (χ1) is 14.3. The van der Waals surface area contributed by atoms with Crippen molar-refractivity contribution in [3.05, 3.63) is 35.4 Å². The summed E-state index contributed by atoms with van der Waals surface area (Å²) in [6.07, 6.45) is 0.580. The molecular weight excluding hydrogens is 412 g/mol. The van der Waals surface area contributed by atoms with E-state index < -0.39 is 44.8 Å². The van der Waals surface area contributed by atoms with Gasteiger partial charge in [-0.25, -0.2) is 13.9 Å². The van der Waals surface area contributed by atoms with Crippen LogP contribution in [0.1, 0.15) is 22.3 Å². The van der Waals surface area contributed by atoms with E-state index in [-0.39, 0.29) is 5.56 Å². The van der Waals surface area contributed by atoms with Gasteiger partial charge >= 0.3 is 0 Å². The van der Waals surface area contributed by atoms with Crippen molar-refractivity contribution in [1.82, 2.24) is 10.8 Å². The van der Waals surface area contributed by atoms with Crippen molar-refractivity contribution in [2.24, 2.45) is 0 Å². The Morgan fingerprint density at radius 1 is 1.20 bits per heavy atom. The number of sulfone groups is 1. The number of methoxy groups -OCH3 is 2. The molecular formula is C20H22N2O7S. The van der Waals surface area contributed by atoms with E-state index in [0.29, 0.717) is 18.6 Å². The highest BCUT2D eigenvalue weighted by Gasteiger charge is 2.57. The van der Waals surface area contributed by atoms with E-state index in [1.165, 1.54) is 24.7 Å². The van der Waals surface area contributed by atoms with Gasteiger partial charge < -0.3 is 14.8 Å². The quantitative estimate of drug-likeness (QED) is 0.228. The molecule has 2 rings (SSSR count). The Kier molecular flexibility index (Phi) is 7.98. The zero-order valence-corrected chi connectivity index (χ0v) is 17.3. The zero-order valence-electron chi connectivity index (χ0n) is 16.5. The van der Waals surface area contributed by atoms with Crippen LogP contribution in [0, 0.1) is 23.7 Å². The molecule has 1 aliphatic heterocycles. The summed E-state index contributed by atoms with van der Waals surface area (Å²) in [6.45, 7) is 0.532. The number of hydrogen-bond donors (Lipinski definition) is 3. The average Bonchev–Trinajstić information content (AvgIpc) is 2.72. The summed E-state index contributed by atoms with van der Waals surface area (Å²) >= 11 is 0. The van der Waals surface area contributed by atoms with Crippen molar-refractivity contribution in [1.29, 1.82) is 0 Å². The standard InChI is InChI=1S/C20H22N2O7S/c1-28-12-6-4-3-5-7-15-8-10-16(11-9-15)18(23)21-17(19(24)22-25)20(29-2)13-30(26,27)14-20/h8-11,17,25H,6,12-14H2,1-2H3,(H,21,23)(H,22,24). The smallest absolute Gasteiger partial charge is 0.268 e. The molecule has 0 bridgehead atoms. The van der Waals surface area contributed by atoms with Crippen LogP contribution < -0.4 is 10.8 Å². The summed E-state index contributed by atoms with van der Waals surface area (Å²) in [5.74, 6) is 8.54. The molecule has 0 aliphatic carbocycles. The van der Waals surface area contributed by atoms with Gasteiger partial charge in [-0.05, 0) is 36.1 Å². The van der Waals surface area contributed by atoms with Gasteiger partial charge in [-0.2, -0.15) is 0 Å². The fourth-order valence-corrected chi connectivity index (χ4v) is 4.86. The van der Waals surface area contributed by atoms with Gasteiger partial charge in [0.1, 0.15) is 11.6 Å². The maximum atomic E-state index is 12.6. The van der Waals surface area contributed by atoms with Crippen molar-refractivity contribution in [2.75, 3.05) is 32.3 Å². The Hall–Kier alpha value is -2.89. The van der Waals surface area contributed by atoms with Gasteiger partial charge in [0.05, 0.1) is 18.1 Å². The molecule has 2 amide bonds. The number of rotatable bonds is 7. The lowest BCUT2D eigenvalue weighted by Gasteiger charge is -2.44. The van der Waals surface area contributed by atoms with Gasteiger partial charge in [0, 0.05) is 31.8 Å². The second kappa shape index (κ2) is 10.2. The second-order valence-electron chi connectivity index (χ2n) is 6.56. The average molecular weight is 434 g/mol. The molecule has 10 heteroatoms. The second-order valence-corrected chi connectivity index (χ2v) is 8.62. The highest BCUT2D eigenvalue weighted by molar-refractivity contribution is 7.93. The van der Waals surface area contributed by atoms with Gasteiger partial charge in [0.15, 0.2) is 9.84 Å². The number of hydrogen-bond acceptors (Lipinski definition) is 7. The lowest BCUT2D eigenvalue weighted by molar-refractivity contribution is -0.138. The van der Waals surface area contributed by atoms with E-state index in [4.69, 9.17) is 14.7 Å². The fraction of sp³-hybridized carbons (Fsp3) is 0.400. The van der Waals surface area contributed by atoms with Crippen LogP contribution in [0.3, 0.4) is 0 Å².